The molecule has 1 amide bonds. The molecule has 1 saturated heterocycles. The quantitative estimate of drug-likeness (QED) is 0.713. The molecule has 2 heterocycles. The SMILES string of the molecule is NC(=O)C(C1SC=NN1SCc1ccc(Cl)cc1Cl)N1CCOCC1. The van der Waals surface area contributed by atoms with Crippen molar-refractivity contribution in [3.63, 3.8) is 0 Å². The molecular weight excluding hydrogens is 403 g/mol. The van der Waals surface area contributed by atoms with Crippen molar-refractivity contribution in [3.05, 3.63) is 33.8 Å². The van der Waals surface area contributed by atoms with Gasteiger partial charge in [0.25, 0.3) is 0 Å². The molecular formula is C15H18Cl2N4O2S2. The van der Waals surface area contributed by atoms with Crippen molar-refractivity contribution in [2.45, 2.75) is 17.2 Å². The molecule has 2 N–H and O–H groups in total. The molecule has 3 rings (SSSR count). The first kappa shape index (κ1) is 19.1. The number of morpholine rings is 1. The van der Waals surface area contributed by atoms with E-state index in [2.05, 4.69) is 10.0 Å². The molecule has 10 heteroatoms. The van der Waals surface area contributed by atoms with Crippen LogP contribution < -0.4 is 5.73 Å². The second kappa shape index (κ2) is 8.83. The van der Waals surface area contributed by atoms with Gasteiger partial charge in [0.15, 0.2) is 0 Å². The van der Waals surface area contributed by atoms with E-state index in [1.807, 2.05) is 16.5 Å². The van der Waals surface area contributed by atoms with Gasteiger partial charge in [0.1, 0.15) is 11.4 Å². The van der Waals surface area contributed by atoms with Crippen molar-refractivity contribution in [3.8, 4) is 0 Å². The zero-order valence-electron chi connectivity index (χ0n) is 13.3. The third kappa shape index (κ3) is 4.75. The molecule has 6 nitrogen and oxygen atoms in total. The molecule has 25 heavy (non-hydrogen) atoms. The van der Waals surface area contributed by atoms with Gasteiger partial charge in [0.05, 0.1) is 18.8 Å². The van der Waals surface area contributed by atoms with Crippen LogP contribution in [-0.2, 0) is 15.3 Å². The summed E-state index contributed by atoms with van der Waals surface area (Å²) in [4.78, 5) is 14.2. The Labute approximate surface area is 165 Å². The fourth-order valence-corrected chi connectivity index (χ4v) is 5.43. The van der Waals surface area contributed by atoms with Crippen LogP contribution in [0.25, 0.3) is 0 Å². The monoisotopic (exact) mass is 420 g/mol. The van der Waals surface area contributed by atoms with E-state index in [4.69, 9.17) is 33.7 Å². The molecule has 2 unspecified atom stereocenters. The van der Waals surface area contributed by atoms with Gasteiger partial charge in [-0.1, -0.05) is 41.0 Å². The highest BCUT2D eigenvalue weighted by molar-refractivity contribution is 8.13. The van der Waals surface area contributed by atoms with Gasteiger partial charge in [0.2, 0.25) is 5.91 Å². The molecule has 0 bridgehead atoms. The minimum absolute atomic E-state index is 0.174. The maximum absolute atomic E-state index is 12.1. The molecule has 136 valence electrons. The smallest absolute Gasteiger partial charge is 0.237 e. The Morgan fingerprint density at radius 2 is 2.20 bits per heavy atom. The summed E-state index contributed by atoms with van der Waals surface area (Å²) in [5.41, 5.74) is 8.41. The number of hydrazone groups is 1. The summed E-state index contributed by atoms with van der Waals surface area (Å²) >= 11 is 15.2. The zero-order chi connectivity index (χ0) is 17.8. The molecule has 2 atom stereocenters. The van der Waals surface area contributed by atoms with Gasteiger partial charge in [-0.05, 0) is 29.6 Å². The summed E-state index contributed by atoms with van der Waals surface area (Å²) in [6.07, 6.45) is 0. The second-order valence-corrected chi connectivity index (χ2v) is 8.29. The Hall–Kier alpha value is -0.640. The summed E-state index contributed by atoms with van der Waals surface area (Å²) in [5, 5.41) is 5.42. The highest BCUT2D eigenvalue weighted by atomic mass is 35.5. The standard InChI is InChI=1S/C15H18Cl2N4O2S2/c16-11-2-1-10(12(17)7-11)8-25-21-15(24-9-19-21)13(14(18)22)20-3-5-23-6-4-20/h1-2,7,9,13,15H,3-6,8H2,(H2,18,22). The molecule has 1 aromatic carbocycles. The van der Waals surface area contributed by atoms with E-state index in [0.29, 0.717) is 42.1 Å². The average Bonchev–Trinajstić information content (AvgIpc) is 3.03. The number of primary amides is 1. The molecule has 2 aliphatic rings. The number of carbonyl (C=O) groups is 1. The molecule has 0 spiro atoms. The lowest BCUT2D eigenvalue weighted by atomic mass is 10.2. The number of carbonyl (C=O) groups excluding carboxylic acids is 1. The molecule has 0 aliphatic carbocycles. The summed E-state index contributed by atoms with van der Waals surface area (Å²) < 4.78 is 7.20. The van der Waals surface area contributed by atoms with E-state index in [9.17, 15) is 4.79 Å². The number of hydrogen-bond acceptors (Lipinski definition) is 7. The average molecular weight is 421 g/mol. The number of thioether (sulfide) groups is 1. The van der Waals surface area contributed by atoms with Crippen LogP contribution in [-0.4, -0.2) is 58.5 Å². The Bertz CT molecular complexity index is 658. The Balaban J connectivity index is 1.67. The van der Waals surface area contributed by atoms with Crippen molar-refractivity contribution >= 4 is 58.4 Å². The first-order valence-electron chi connectivity index (χ1n) is 7.71. The minimum atomic E-state index is -0.426. The van der Waals surface area contributed by atoms with E-state index in [-0.39, 0.29) is 11.3 Å². The lowest BCUT2D eigenvalue weighted by Gasteiger charge is -2.37. The number of nitrogens with zero attached hydrogens (tertiary/aromatic N) is 3. The van der Waals surface area contributed by atoms with Crippen molar-refractivity contribution in [1.82, 2.24) is 9.31 Å². The van der Waals surface area contributed by atoms with Crippen molar-refractivity contribution in [2.24, 2.45) is 10.8 Å². The first-order chi connectivity index (χ1) is 12.1. The number of rotatable bonds is 6. The molecule has 2 aliphatic heterocycles. The summed E-state index contributed by atoms with van der Waals surface area (Å²) in [5.74, 6) is 0.277. The van der Waals surface area contributed by atoms with Crippen LogP contribution in [0.2, 0.25) is 10.0 Å². The predicted octanol–water partition coefficient (Wildman–Crippen LogP) is 2.65. The van der Waals surface area contributed by atoms with Crippen LogP contribution >= 0.6 is 46.9 Å². The Morgan fingerprint density at radius 1 is 1.44 bits per heavy atom. The van der Waals surface area contributed by atoms with Gasteiger partial charge in [-0.3, -0.25) is 9.69 Å². The number of nitrogens with two attached hydrogens (primary N) is 1. The van der Waals surface area contributed by atoms with Crippen molar-refractivity contribution < 1.29 is 9.53 Å². The molecule has 0 radical (unpaired) electrons. The maximum atomic E-state index is 12.1. The number of benzene rings is 1. The van der Waals surface area contributed by atoms with Crippen LogP contribution in [0.5, 0.6) is 0 Å². The zero-order valence-corrected chi connectivity index (χ0v) is 16.5. The highest BCUT2D eigenvalue weighted by Crippen LogP contribution is 2.35. The number of amides is 1. The largest absolute Gasteiger partial charge is 0.379 e. The highest BCUT2D eigenvalue weighted by Gasteiger charge is 2.39. The topological polar surface area (TPSA) is 71.2 Å². The van der Waals surface area contributed by atoms with Gasteiger partial charge < -0.3 is 10.5 Å². The van der Waals surface area contributed by atoms with E-state index in [1.54, 1.807) is 11.6 Å². The van der Waals surface area contributed by atoms with Gasteiger partial charge in [-0.2, -0.15) is 5.10 Å². The maximum Gasteiger partial charge on any atom is 0.237 e. The van der Waals surface area contributed by atoms with E-state index in [0.717, 1.165) is 5.56 Å². The molecule has 0 aromatic heterocycles. The van der Waals surface area contributed by atoms with Crippen LogP contribution in [0, 0.1) is 0 Å². The predicted molar refractivity (Wildman–Crippen MR) is 105 cm³/mol. The van der Waals surface area contributed by atoms with Crippen molar-refractivity contribution in [2.75, 3.05) is 26.3 Å². The Kier molecular flexibility index (Phi) is 6.76. The molecule has 1 aromatic rings. The lowest BCUT2D eigenvalue weighted by molar-refractivity contribution is -0.125. The van der Waals surface area contributed by atoms with Crippen LogP contribution in [0.4, 0.5) is 0 Å². The Morgan fingerprint density at radius 3 is 2.88 bits per heavy atom. The van der Waals surface area contributed by atoms with Crippen molar-refractivity contribution in [1.29, 1.82) is 0 Å². The van der Waals surface area contributed by atoms with Crippen LogP contribution in [0.3, 0.4) is 0 Å². The molecule has 1 fully saturated rings. The van der Waals surface area contributed by atoms with Gasteiger partial charge in [-0.15, -0.1) is 0 Å². The number of halogens is 2. The second-order valence-electron chi connectivity index (χ2n) is 5.55. The summed E-state index contributed by atoms with van der Waals surface area (Å²) in [6.45, 7) is 2.59. The van der Waals surface area contributed by atoms with Gasteiger partial charge >= 0.3 is 0 Å². The van der Waals surface area contributed by atoms with E-state index < -0.39 is 6.04 Å². The van der Waals surface area contributed by atoms with E-state index >= 15 is 0 Å². The first-order valence-corrected chi connectivity index (χ1v) is 10.4. The molecule has 0 saturated carbocycles. The van der Waals surface area contributed by atoms with Gasteiger partial charge in [-0.25, -0.2) is 4.41 Å². The van der Waals surface area contributed by atoms with Gasteiger partial charge in [0, 0.05) is 28.9 Å². The fourth-order valence-electron chi connectivity index (χ4n) is 2.69. The summed E-state index contributed by atoms with van der Waals surface area (Å²) in [6, 6.07) is 5.00. The summed E-state index contributed by atoms with van der Waals surface area (Å²) in [7, 11) is 0. The lowest BCUT2D eigenvalue weighted by Crippen LogP contribution is -2.56. The number of hydrogen-bond donors (Lipinski definition) is 1. The van der Waals surface area contributed by atoms with E-state index in [1.165, 1.54) is 23.7 Å². The normalized spacial score (nSPS) is 22.3. The van der Waals surface area contributed by atoms with Crippen LogP contribution in [0.15, 0.2) is 23.3 Å². The fraction of sp³-hybridized carbons (Fsp3) is 0.467. The minimum Gasteiger partial charge on any atom is -0.379 e. The van der Waals surface area contributed by atoms with Crippen LogP contribution in [0.1, 0.15) is 5.56 Å². The number of ether oxygens (including phenoxy) is 1. The third-order valence-corrected chi connectivity index (χ3v) is 6.65. The third-order valence-electron chi connectivity index (χ3n) is 3.95.